The first-order valence-corrected chi connectivity index (χ1v) is 7.25. The molecular weight excluding hydrogens is 337 g/mol. The largest absolute Gasteiger partial charge is 0.449 e. The predicted octanol–water partition coefficient (Wildman–Crippen LogP) is 2.30. The molecule has 0 aromatic heterocycles. The molecule has 0 aliphatic rings. The second-order valence-corrected chi connectivity index (χ2v) is 5.65. The highest BCUT2D eigenvalue weighted by molar-refractivity contribution is 7.89. The summed E-state index contributed by atoms with van der Waals surface area (Å²) in [5.41, 5.74) is 0.477. The van der Waals surface area contributed by atoms with Crippen molar-refractivity contribution in [3.63, 3.8) is 0 Å². The Morgan fingerprint density at radius 3 is 2.52 bits per heavy atom. The highest BCUT2D eigenvalue weighted by Gasteiger charge is 2.32. The molecule has 11 heteroatoms. The lowest BCUT2D eigenvalue weighted by atomic mass is 10.2. The molecule has 0 radical (unpaired) electrons. The summed E-state index contributed by atoms with van der Waals surface area (Å²) in [6, 6.07) is 1.79. The molecule has 0 saturated carbocycles. The molecule has 1 aromatic rings. The number of carbonyl (C=O) groups excluding carboxylic acids is 1. The maximum absolute atomic E-state index is 12.6. The number of sulfonamides is 1. The van der Waals surface area contributed by atoms with E-state index in [1.807, 2.05) is 0 Å². The number of nitrogens with one attached hydrogen (secondary N) is 2. The van der Waals surface area contributed by atoms with E-state index in [1.54, 1.807) is 10.3 Å². The highest BCUT2D eigenvalue weighted by atomic mass is 35.5. The summed E-state index contributed by atoms with van der Waals surface area (Å²) in [6.45, 7) is 1.47. The summed E-state index contributed by atoms with van der Waals surface area (Å²) in [5.74, 6) is 0. The number of rotatable bonds is 4. The molecule has 118 valence electrons. The van der Waals surface area contributed by atoms with Crippen molar-refractivity contribution in [3.8, 4) is 0 Å². The van der Waals surface area contributed by atoms with Crippen LogP contribution in [0.3, 0.4) is 0 Å². The average Bonchev–Trinajstić information content (AvgIpc) is 2.36. The Balaban J connectivity index is 3.05. The monoisotopic (exact) mass is 346 g/mol. The Kier molecular flexibility index (Phi) is 5.42. The molecule has 0 atom stereocenters. The lowest BCUT2D eigenvalue weighted by molar-refractivity contribution is -0.137. The number of ether oxygens (including phenoxy) is 1. The molecule has 0 bridgehead atoms. The summed E-state index contributed by atoms with van der Waals surface area (Å²) >= 11 is 5.58. The van der Waals surface area contributed by atoms with Crippen molar-refractivity contribution in [1.29, 1.82) is 0 Å². The van der Waals surface area contributed by atoms with Gasteiger partial charge in [0.05, 0.1) is 17.2 Å². The number of benzene rings is 1. The second-order valence-electron chi connectivity index (χ2n) is 3.59. The molecule has 0 unspecified atom stereocenters. The number of amides is 1. The molecule has 0 spiro atoms. The summed E-state index contributed by atoms with van der Waals surface area (Å²) < 4.78 is 65.7. The Bertz CT molecular complexity index is 634. The maximum Gasteiger partial charge on any atom is 0.422 e. The number of hydrazine groups is 1. The van der Waals surface area contributed by atoms with Crippen LogP contribution in [-0.4, -0.2) is 21.1 Å². The van der Waals surface area contributed by atoms with Gasteiger partial charge >= 0.3 is 12.3 Å². The molecule has 2 N–H and O–H groups in total. The molecule has 1 rings (SSSR count). The van der Waals surface area contributed by atoms with E-state index in [-0.39, 0.29) is 6.61 Å². The van der Waals surface area contributed by atoms with Gasteiger partial charge in [0.15, 0.2) is 0 Å². The van der Waals surface area contributed by atoms with Gasteiger partial charge in [0.1, 0.15) is 4.90 Å². The zero-order valence-electron chi connectivity index (χ0n) is 10.5. The fourth-order valence-electron chi connectivity index (χ4n) is 1.22. The topological polar surface area (TPSA) is 84.5 Å². The number of hydrogen-bond acceptors (Lipinski definition) is 4. The van der Waals surface area contributed by atoms with Crippen LogP contribution in [0.2, 0.25) is 5.02 Å². The minimum Gasteiger partial charge on any atom is -0.449 e. The van der Waals surface area contributed by atoms with E-state index in [9.17, 15) is 26.4 Å². The number of carbonyl (C=O) groups is 1. The Hall–Kier alpha value is -1.52. The third-order valence-corrected chi connectivity index (χ3v) is 3.84. The van der Waals surface area contributed by atoms with Crippen molar-refractivity contribution in [2.75, 3.05) is 6.61 Å². The van der Waals surface area contributed by atoms with Gasteiger partial charge in [-0.3, -0.25) is 0 Å². The van der Waals surface area contributed by atoms with E-state index in [2.05, 4.69) is 4.74 Å². The normalized spacial score (nSPS) is 12.0. The third-order valence-electron chi connectivity index (χ3n) is 2.11. The van der Waals surface area contributed by atoms with Gasteiger partial charge in [0.2, 0.25) is 0 Å². The van der Waals surface area contributed by atoms with E-state index < -0.39 is 37.8 Å². The van der Waals surface area contributed by atoms with Gasteiger partial charge in [0.25, 0.3) is 10.0 Å². The molecule has 0 saturated heterocycles. The second kappa shape index (κ2) is 6.50. The molecule has 1 amide bonds. The van der Waals surface area contributed by atoms with Crippen molar-refractivity contribution in [2.45, 2.75) is 18.0 Å². The molecule has 21 heavy (non-hydrogen) atoms. The van der Waals surface area contributed by atoms with Crippen molar-refractivity contribution in [1.82, 2.24) is 10.3 Å². The SMILES string of the molecule is CCOC(=O)NNS(=O)(=O)c1cc(C(F)(F)F)ccc1Cl. The molecule has 0 fully saturated rings. The van der Waals surface area contributed by atoms with Gasteiger partial charge < -0.3 is 4.74 Å². The van der Waals surface area contributed by atoms with E-state index >= 15 is 0 Å². The van der Waals surface area contributed by atoms with Crippen LogP contribution >= 0.6 is 11.6 Å². The van der Waals surface area contributed by atoms with Crippen LogP contribution in [0.4, 0.5) is 18.0 Å². The third kappa shape index (κ3) is 4.76. The lowest BCUT2D eigenvalue weighted by Gasteiger charge is -2.12. The fraction of sp³-hybridized carbons (Fsp3) is 0.300. The molecular formula is C10H10ClF3N2O4S. The smallest absolute Gasteiger partial charge is 0.422 e. The van der Waals surface area contributed by atoms with Crippen LogP contribution < -0.4 is 10.3 Å². The van der Waals surface area contributed by atoms with Crippen LogP contribution in [-0.2, 0) is 20.9 Å². The van der Waals surface area contributed by atoms with Crippen LogP contribution in [0.15, 0.2) is 23.1 Å². The number of halogens is 4. The minimum absolute atomic E-state index is 0.0160. The van der Waals surface area contributed by atoms with Gasteiger partial charge in [0, 0.05) is 0 Å². The zero-order valence-corrected chi connectivity index (χ0v) is 12.1. The van der Waals surface area contributed by atoms with Crippen LogP contribution in [0, 0.1) is 0 Å². The molecule has 6 nitrogen and oxygen atoms in total. The summed E-state index contributed by atoms with van der Waals surface area (Å²) in [7, 11) is -4.48. The van der Waals surface area contributed by atoms with Crippen molar-refractivity contribution >= 4 is 27.7 Å². The van der Waals surface area contributed by atoms with E-state index in [4.69, 9.17) is 11.6 Å². The summed E-state index contributed by atoms with van der Waals surface area (Å²) in [5, 5.41) is -0.429. The average molecular weight is 347 g/mol. The van der Waals surface area contributed by atoms with Crippen molar-refractivity contribution in [3.05, 3.63) is 28.8 Å². The minimum atomic E-state index is -4.73. The van der Waals surface area contributed by atoms with Crippen molar-refractivity contribution < 1.29 is 31.1 Å². The molecule has 0 aliphatic carbocycles. The molecule has 0 heterocycles. The quantitative estimate of drug-likeness (QED) is 0.819. The highest BCUT2D eigenvalue weighted by Crippen LogP contribution is 2.33. The summed E-state index contributed by atoms with van der Waals surface area (Å²) in [4.78, 5) is 11.7. The van der Waals surface area contributed by atoms with Crippen LogP contribution in [0.25, 0.3) is 0 Å². The molecule has 1 aromatic carbocycles. The first-order chi connectivity index (χ1) is 9.58. The Labute approximate surface area is 123 Å². The van der Waals surface area contributed by atoms with Crippen LogP contribution in [0.1, 0.15) is 12.5 Å². The van der Waals surface area contributed by atoms with Gasteiger partial charge in [-0.05, 0) is 25.1 Å². The Morgan fingerprint density at radius 1 is 1.38 bits per heavy atom. The van der Waals surface area contributed by atoms with Crippen molar-refractivity contribution in [2.24, 2.45) is 0 Å². The number of alkyl halides is 3. The lowest BCUT2D eigenvalue weighted by Crippen LogP contribution is -2.42. The predicted molar refractivity (Wildman–Crippen MR) is 66.9 cm³/mol. The van der Waals surface area contributed by atoms with E-state index in [0.29, 0.717) is 12.1 Å². The van der Waals surface area contributed by atoms with Gasteiger partial charge in [-0.1, -0.05) is 11.6 Å². The van der Waals surface area contributed by atoms with E-state index in [1.165, 1.54) is 6.92 Å². The first kappa shape index (κ1) is 17.5. The fourth-order valence-corrected chi connectivity index (χ4v) is 2.57. The molecule has 0 aliphatic heterocycles. The summed E-state index contributed by atoms with van der Waals surface area (Å²) in [6.07, 6.45) is -5.84. The van der Waals surface area contributed by atoms with Gasteiger partial charge in [-0.15, -0.1) is 4.83 Å². The van der Waals surface area contributed by atoms with Gasteiger partial charge in [-0.25, -0.2) is 18.6 Å². The standard InChI is InChI=1S/C10H10ClF3N2O4S/c1-2-20-9(17)15-16-21(18,19)8-5-6(10(12,13)14)3-4-7(8)11/h3-5,16H,2H2,1H3,(H,15,17). The maximum atomic E-state index is 12.6. The number of hydrogen-bond donors (Lipinski definition) is 2. The van der Waals surface area contributed by atoms with E-state index in [0.717, 1.165) is 6.07 Å². The van der Waals surface area contributed by atoms with Crippen LogP contribution in [0.5, 0.6) is 0 Å². The first-order valence-electron chi connectivity index (χ1n) is 5.39. The Morgan fingerprint density at radius 2 is 2.00 bits per heavy atom. The van der Waals surface area contributed by atoms with Gasteiger partial charge in [-0.2, -0.15) is 13.2 Å². The zero-order chi connectivity index (χ0) is 16.3.